The lowest BCUT2D eigenvalue weighted by Crippen LogP contribution is -2.16. The van der Waals surface area contributed by atoms with Crippen molar-refractivity contribution in [1.82, 2.24) is 4.98 Å². The summed E-state index contributed by atoms with van der Waals surface area (Å²) in [5.74, 6) is 0. The highest BCUT2D eigenvalue weighted by molar-refractivity contribution is 7.90. The highest BCUT2D eigenvalue weighted by atomic mass is 32.2. The van der Waals surface area contributed by atoms with Crippen LogP contribution in [0.25, 0.3) is 0 Å². The maximum atomic E-state index is 11.5. The van der Waals surface area contributed by atoms with Crippen LogP contribution in [0.5, 0.6) is 0 Å². The number of pyridine rings is 1. The molecular formula is C11H14N2O2S. The largest absolute Gasteiger partial charge is 0.239 e. The van der Waals surface area contributed by atoms with Gasteiger partial charge >= 0.3 is 0 Å². The number of aromatic nitrogens is 1. The van der Waals surface area contributed by atoms with Gasteiger partial charge in [0.15, 0.2) is 14.9 Å². The number of rotatable bonds is 1. The molecule has 0 radical (unpaired) electrons. The van der Waals surface area contributed by atoms with Crippen LogP contribution in [0.15, 0.2) is 17.2 Å². The quantitative estimate of drug-likeness (QED) is 0.746. The molecule has 0 N–H and O–H groups in total. The third-order valence-corrected chi connectivity index (χ3v) is 3.11. The lowest BCUT2D eigenvalue weighted by Gasteiger charge is -2.18. The van der Waals surface area contributed by atoms with Gasteiger partial charge in [-0.15, -0.1) is 0 Å². The molecule has 86 valence electrons. The van der Waals surface area contributed by atoms with Gasteiger partial charge in [0, 0.05) is 17.4 Å². The van der Waals surface area contributed by atoms with E-state index in [9.17, 15) is 8.42 Å². The van der Waals surface area contributed by atoms with Crippen molar-refractivity contribution < 1.29 is 8.42 Å². The third-order valence-electron chi connectivity index (χ3n) is 2.10. The number of hydrogen-bond acceptors (Lipinski definition) is 4. The van der Waals surface area contributed by atoms with Crippen LogP contribution >= 0.6 is 0 Å². The molecule has 4 nitrogen and oxygen atoms in total. The lowest BCUT2D eigenvalue weighted by atomic mass is 9.91. The van der Waals surface area contributed by atoms with Gasteiger partial charge in [-0.05, 0) is 12.1 Å². The first-order valence-corrected chi connectivity index (χ1v) is 6.67. The van der Waals surface area contributed by atoms with Crippen molar-refractivity contribution in [2.75, 3.05) is 6.26 Å². The Morgan fingerprint density at radius 2 is 1.88 bits per heavy atom. The molecular weight excluding hydrogens is 224 g/mol. The van der Waals surface area contributed by atoms with Crippen LogP contribution in [0.2, 0.25) is 0 Å². The van der Waals surface area contributed by atoms with E-state index in [1.54, 1.807) is 6.07 Å². The maximum absolute atomic E-state index is 11.5. The average Bonchev–Trinajstić information content (AvgIpc) is 2.14. The molecule has 5 heteroatoms. The van der Waals surface area contributed by atoms with E-state index in [-0.39, 0.29) is 16.0 Å². The van der Waals surface area contributed by atoms with E-state index in [0.717, 1.165) is 6.26 Å². The molecule has 1 aromatic heterocycles. The van der Waals surface area contributed by atoms with Gasteiger partial charge < -0.3 is 0 Å². The van der Waals surface area contributed by atoms with Crippen molar-refractivity contribution in [2.45, 2.75) is 31.2 Å². The van der Waals surface area contributed by atoms with Gasteiger partial charge in [0.05, 0.1) is 5.56 Å². The predicted molar refractivity (Wildman–Crippen MR) is 60.8 cm³/mol. The van der Waals surface area contributed by atoms with Crippen LogP contribution in [0, 0.1) is 11.3 Å². The lowest BCUT2D eigenvalue weighted by molar-refractivity contribution is 0.557. The van der Waals surface area contributed by atoms with Crippen molar-refractivity contribution in [3.63, 3.8) is 0 Å². The molecule has 0 bridgehead atoms. The highest BCUT2D eigenvalue weighted by Crippen LogP contribution is 2.23. The van der Waals surface area contributed by atoms with Gasteiger partial charge in [-0.2, -0.15) is 5.26 Å². The molecule has 0 saturated carbocycles. The Morgan fingerprint density at radius 1 is 1.31 bits per heavy atom. The Bertz CT molecular complexity index is 548. The second kappa shape index (κ2) is 3.87. The first-order chi connectivity index (χ1) is 7.16. The molecule has 0 aliphatic carbocycles. The zero-order valence-electron chi connectivity index (χ0n) is 9.77. The number of nitriles is 1. The van der Waals surface area contributed by atoms with Gasteiger partial charge in [0.2, 0.25) is 0 Å². The fraction of sp³-hybridized carbons (Fsp3) is 0.455. The van der Waals surface area contributed by atoms with Crippen LogP contribution in [0.1, 0.15) is 32.0 Å². The van der Waals surface area contributed by atoms with E-state index in [1.807, 2.05) is 26.8 Å². The minimum atomic E-state index is -3.46. The Morgan fingerprint density at radius 3 is 2.25 bits per heavy atom. The summed E-state index contributed by atoms with van der Waals surface area (Å²) in [6.07, 6.45) is 1.06. The van der Waals surface area contributed by atoms with E-state index in [1.165, 1.54) is 6.07 Å². The first kappa shape index (κ1) is 12.7. The van der Waals surface area contributed by atoms with Crippen molar-refractivity contribution in [1.29, 1.82) is 5.26 Å². The van der Waals surface area contributed by atoms with Crippen molar-refractivity contribution >= 4 is 9.84 Å². The van der Waals surface area contributed by atoms with E-state index in [0.29, 0.717) is 5.69 Å². The van der Waals surface area contributed by atoms with Crippen LogP contribution in [0.4, 0.5) is 0 Å². The molecule has 0 spiro atoms. The summed E-state index contributed by atoms with van der Waals surface area (Å²) >= 11 is 0. The molecule has 0 saturated heterocycles. The zero-order chi connectivity index (χ0) is 12.6. The summed E-state index contributed by atoms with van der Waals surface area (Å²) in [4.78, 5) is 4.08. The van der Waals surface area contributed by atoms with Crippen molar-refractivity contribution in [3.8, 4) is 6.07 Å². The second-order valence-electron chi connectivity index (χ2n) is 4.68. The van der Waals surface area contributed by atoms with Crippen LogP contribution < -0.4 is 0 Å². The predicted octanol–water partition coefficient (Wildman–Crippen LogP) is 1.65. The fourth-order valence-corrected chi connectivity index (χ4v) is 2.00. The average molecular weight is 238 g/mol. The van der Waals surface area contributed by atoms with Crippen LogP contribution in [-0.4, -0.2) is 19.7 Å². The SMILES string of the molecule is CC(C)(C)c1ccc(C#N)c(S(C)(=O)=O)n1. The summed E-state index contributed by atoms with van der Waals surface area (Å²) in [5, 5.41) is 8.68. The standard InChI is InChI=1S/C11H14N2O2S/c1-11(2,3)9-6-5-8(7-12)10(13-9)16(4,14)15/h5-6H,1-4H3. The molecule has 1 rings (SSSR count). The smallest absolute Gasteiger partial charge is 0.194 e. The molecule has 0 amide bonds. The van der Waals surface area contributed by atoms with Crippen molar-refractivity contribution in [2.24, 2.45) is 0 Å². The Balaban J connectivity index is 3.54. The first-order valence-electron chi connectivity index (χ1n) is 4.78. The molecule has 0 atom stereocenters. The van der Waals surface area contributed by atoms with E-state index in [2.05, 4.69) is 4.98 Å². The Kier molecular flexibility index (Phi) is 3.06. The fourth-order valence-electron chi connectivity index (χ4n) is 1.23. The second-order valence-corrected chi connectivity index (χ2v) is 6.61. The number of hydrogen-bond donors (Lipinski definition) is 0. The minimum absolute atomic E-state index is 0.0931. The van der Waals surface area contributed by atoms with E-state index in [4.69, 9.17) is 5.26 Å². The summed E-state index contributed by atoms with van der Waals surface area (Å²) in [6, 6.07) is 5.03. The van der Waals surface area contributed by atoms with Crippen LogP contribution in [-0.2, 0) is 15.3 Å². The van der Waals surface area contributed by atoms with Gasteiger partial charge in [0.25, 0.3) is 0 Å². The van der Waals surface area contributed by atoms with Crippen molar-refractivity contribution in [3.05, 3.63) is 23.4 Å². The van der Waals surface area contributed by atoms with Gasteiger partial charge in [-0.1, -0.05) is 20.8 Å². The number of sulfone groups is 1. The Hall–Kier alpha value is -1.41. The molecule has 0 aromatic carbocycles. The molecule has 0 aliphatic heterocycles. The summed E-state index contributed by atoms with van der Waals surface area (Å²) in [6.45, 7) is 5.81. The highest BCUT2D eigenvalue weighted by Gasteiger charge is 2.21. The zero-order valence-corrected chi connectivity index (χ0v) is 10.6. The van der Waals surface area contributed by atoms with Gasteiger partial charge in [-0.25, -0.2) is 13.4 Å². The van der Waals surface area contributed by atoms with E-state index >= 15 is 0 Å². The van der Waals surface area contributed by atoms with Crippen LogP contribution in [0.3, 0.4) is 0 Å². The maximum Gasteiger partial charge on any atom is 0.194 e. The number of nitrogens with zero attached hydrogens (tertiary/aromatic N) is 2. The monoisotopic (exact) mass is 238 g/mol. The summed E-state index contributed by atoms with van der Waals surface area (Å²) in [5.41, 5.74) is 0.510. The Labute approximate surface area is 95.9 Å². The summed E-state index contributed by atoms with van der Waals surface area (Å²) < 4.78 is 23.0. The minimum Gasteiger partial charge on any atom is -0.239 e. The summed E-state index contributed by atoms with van der Waals surface area (Å²) in [7, 11) is -3.46. The molecule has 0 unspecified atom stereocenters. The molecule has 1 aromatic rings. The van der Waals surface area contributed by atoms with Gasteiger partial charge in [0.1, 0.15) is 6.07 Å². The molecule has 16 heavy (non-hydrogen) atoms. The normalized spacial score (nSPS) is 12.2. The van der Waals surface area contributed by atoms with Gasteiger partial charge in [-0.3, -0.25) is 0 Å². The topological polar surface area (TPSA) is 70.8 Å². The molecule has 1 heterocycles. The third kappa shape index (κ3) is 2.58. The molecule has 0 fully saturated rings. The molecule has 0 aliphatic rings. The van der Waals surface area contributed by atoms with E-state index < -0.39 is 9.84 Å².